The van der Waals surface area contributed by atoms with Crippen LogP contribution in [0.2, 0.25) is 0 Å². The molecule has 1 amide bonds. The average Bonchev–Trinajstić information content (AvgIpc) is 2.87. The SMILES string of the molecule is C.Nc1nccc2cc(CC(=O)C(=O)O)c(OCCNC(=O)C3CCN(c4ccncc4)CC3)cc12. The Morgan fingerprint density at radius 2 is 1.83 bits per heavy atom. The number of carboxylic acid groups (broad SMARTS) is 1. The highest BCUT2D eigenvalue weighted by Gasteiger charge is 2.25. The van der Waals surface area contributed by atoms with Crippen LogP contribution in [0.15, 0.2) is 48.9 Å². The molecule has 0 spiro atoms. The summed E-state index contributed by atoms with van der Waals surface area (Å²) in [6.45, 7) is 2.02. The number of carboxylic acids is 1. The van der Waals surface area contributed by atoms with Gasteiger partial charge < -0.3 is 25.8 Å². The van der Waals surface area contributed by atoms with Gasteiger partial charge in [0.05, 0.1) is 6.54 Å². The minimum absolute atomic E-state index is 0. The number of carbonyl (C=O) groups is 3. The number of ether oxygens (including phenoxy) is 1. The summed E-state index contributed by atoms with van der Waals surface area (Å²) in [5.41, 5.74) is 7.50. The standard InChI is InChI=1S/C25H27N5O5.CH4/c26-23-20-15-22(18(14-21(31)25(33)34)13-17(20)1-8-28-23)35-12-9-29-24(32)16-4-10-30(11-5-16)19-2-6-27-7-3-19;/h1-3,6-8,13,15-16H,4-5,9-12,14H2,(H2,26,28)(H,29,32)(H,33,34);1H4. The van der Waals surface area contributed by atoms with Crippen molar-refractivity contribution in [2.24, 2.45) is 5.92 Å². The molecular weight excluding hydrogens is 462 g/mol. The lowest BCUT2D eigenvalue weighted by Gasteiger charge is -2.32. The van der Waals surface area contributed by atoms with Crippen molar-refractivity contribution in [2.75, 3.05) is 36.9 Å². The van der Waals surface area contributed by atoms with Gasteiger partial charge in [0, 0.05) is 60.7 Å². The van der Waals surface area contributed by atoms with E-state index >= 15 is 0 Å². The van der Waals surface area contributed by atoms with E-state index in [0.29, 0.717) is 22.5 Å². The third-order valence-electron chi connectivity index (χ3n) is 6.12. The monoisotopic (exact) mass is 493 g/mol. The van der Waals surface area contributed by atoms with E-state index in [0.717, 1.165) is 37.0 Å². The number of nitrogens with zero attached hydrogens (tertiary/aromatic N) is 3. The number of anilines is 2. The van der Waals surface area contributed by atoms with Gasteiger partial charge in [0.2, 0.25) is 11.7 Å². The molecule has 1 saturated heterocycles. The van der Waals surface area contributed by atoms with Crippen molar-refractivity contribution >= 4 is 39.9 Å². The maximum atomic E-state index is 12.6. The lowest BCUT2D eigenvalue weighted by atomic mass is 9.95. The molecule has 10 nitrogen and oxygen atoms in total. The quantitative estimate of drug-likeness (QED) is 0.302. The van der Waals surface area contributed by atoms with Gasteiger partial charge >= 0.3 is 5.97 Å². The summed E-state index contributed by atoms with van der Waals surface area (Å²) in [7, 11) is 0. The van der Waals surface area contributed by atoms with Crippen LogP contribution in [0.3, 0.4) is 0 Å². The van der Waals surface area contributed by atoms with E-state index in [4.69, 9.17) is 15.6 Å². The van der Waals surface area contributed by atoms with Crippen molar-refractivity contribution in [3.05, 3.63) is 54.5 Å². The molecular formula is C26H31N5O5. The van der Waals surface area contributed by atoms with E-state index in [1.54, 1.807) is 30.6 Å². The van der Waals surface area contributed by atoms with Crippen molar-refractivity contribution in [3.63, 3.8) is 0 Å². The first-order valence-electron chi connectivity index (χ1n) is 11.4. The topological polar surface area (TPSA) is 148 Å². The van der Waals surface area contributed by atoms with Gasteiger partial charge in [-0.25, -0.2) is 9.78 Å². The molecule has 3 aromatic rings. The van der Waals surface area contributed by atoms with Crippen LogP contribution in [0.25, 0.3) is 10.8 Å². The lowest BCUT2D eigenvalue weighted by Crippen LogP contribution is -2.41. The molecule has 3 heterocycles. The molecule has 0 radical (unpaired) electrons. The number of aromatic nitrogens is 2. The highest BCUT2D eigenvalue weighted by molar-refractivity contribution is 6.33. The predicted octanol–water partition coefficient (Wildman–Crippen LogP) is 2.46. The third-order valence-corrected chi connectivity index (χ3v) is 6.12. The van der Waals surface area contributed by atoms with E-state index in [2.05, 4.69) is 20.2 Å². The number of nitrogens with two attached hydrogens (primary N) is 1. The molecule has 4 N–H and O–H groups in total. The molecule has 10 heteroatoms. The number of hydrogen-bond donors (Lipinski definition) is 3. The van der Waals surface area contributed by atoms with Crippen LogP contribution in [0.4, 0.5) is 11.5 Å². The summed E-state index contributed by atoms with van der Waals surface area (Å²) in [6.07, 6.45) is 6.26. The molecule has 0 atom stereocenters. The fourth-order valence-corrected chi connectivity index (χ4v) is 4.23. The first kappa shape index (κ1) is 26.4. The Labute approximate surface area is 209 Å². The Morgan fingerprint density at radius 3 is 2.53 bits per heavy atom. The van der Waals surface area contributed by atoms with Crippen molar-refractivity contribution < 1.29 is 24.2 Å². The number of pyridine rings is 2. The first-order chi connectivity index (χ1) is 16.9. The van der Waals surface area contributed by atoms with Crippen LogP contribution in [-0.4, -0.2) is 59.0 Å². The van der Waals surface area contributed by atoms with Crippen LogP contribution in [0, 0.1) is 5.92 Å². The Hall–Kier alpha value is -4.21. The van der Waals surface area contributed by atoms with Gasteiger partial charge in [0.1, 0.15) is 18.2 Å². The van der Waals surface area contributed by atoms with Crippen molar-refractivity contribution in [1.82, 2.24) is 15.3 Å². The van der Waals surface area contributed by atoms with E-state index in [1.165, 1.54) is 6.20 Å². The first-order valence-corrected chi connectivity index (χ1v) is 11.4. The number of piperidine rings is 1. The summed E-state index contributed by atoms with van der Waals surface area (Å²) in [5.74, 6) is -1.89. The summed E-state index contributed by atoms with van der Waals surface area (Å²) >= 11 is 0. The number of aliphatic carboxylic acids is 1. The van der Waals surface area contributed by atoms with E-state index < -0.39 is 11.8 Å². The maximum Gasteiger partial charge on any atom is 0.372 e. The van der Waals surface area contributed by atoms with Crippen LogP contribution in [-0.2, 0) is 20.8 Å². The Balaban J connectivity index is 0.00000361. The summed E-state index contributed by atoms with van der Waals surface area (Å²) in [6, 6.07) is 8.99. The minimum Gasteiger partial charge on any atom is -0.491 e. The third kappa shape index (κ3) is 6.26. The summed E-state index contributed by atoms with van der Waals surface area (Å²) in [4.78, 5) is 45.8. The van der Waals surface area contributed by atoms with Crippen molar-refractivity contribution in [1.29, 1.82) is 0 Å². The number of nitrogen functional groups attached to an aromatic ring is 1. The number of ketones is 1. The van der Waals surface area contributed by atoms with Gasteiger partial charge in [-0.2, -0.15) is 0 Å². The van der Waals surface area contributed by atoms with Gasteiger partial charge in [-0.3, -0.25) is 14.6 Å². The van der Waals surface area contributed by atoms with E-state index in [9.17, 15) is 14.4 Å². The predicted molar refractivity (Wildman–Crippen MR) is 137 cm³/mol. The molecule has 1 aromatic carbocycles. The van der Waals surface area contributed by atoms with Gasteiger partial charge in [-0.1, -0.05) is 7.43 Å². The van der Waals surface area contributed by atoms with E-state index in [-0.39, 0.29) is 38.8 Å². The summed E-state index contributed by atoms with van der Waals surface area (Å²) in [5, 5.41) is 13.3. The fourth-order valence-electron chi connectivity index (χ4n) is 4.23. The lowest BCUT2D eigenvalue weighted by molar-refractivity contribution is -0.148. The molecule has 0 unspecified atom stereocenters. The van der Waals surface area contributed by atoms with Crippen LogP contribution in [0.5, 0.6) is 5.75 Å². The zero-order valence-electron chi connectivity index (χ0n) is 19.1. The van der Waals surface area contributed by atoms with Crippen molar-refractivity contribution in [2.45, 2.75) is 26.7 Å². The molecule has 1 aliphatic heterocycles. The molecule has 2 aromatic heterocycles. The number of nitrogens with one attached hydrogen (secondary N) is 1. The number of carbonyl (C=O) groups excluding carboxylic acids is 2. The molecule has 0 aliphatic carbocycles. The largest absolute Gasteiger partial charge is 0.491 e. The van der Waals surface area contributed by atoms with Crippen molar-refractivity contribution in [3.8, 4) is 5.75 Å². The Morgan fingerprint density at radius 1 is 1.11 bits per heavy atom. The van der Waals surface area contributed by atoms with Crippen LogP contribution >= 0.6 is 0 Å². The van der Waals surface area contributed by atoms with E-state index in [1.807, 2.05) is 12.1 Å². The number of Topliss-reactive ketones (excluding diaryl/α,β-unsaturated/α-hetero) is 1. The zero-order chi connectivity index (χ0) is 24.8. The molecule has 4 rings (SSSR count). The molecule has 0 saturated carbocycles. The Kier molecular flexibility index (Phi) is 8.77. The maximum absolute atomic E-state index is 12.6. The zero-order valence-corrected chi connectivity index (χ0v) is 19.1. The fraction of sp³-hybridized carbons (Fsp3) is 0.346. The van der Waals surface area contributed by atoms with Gasteiger partial charge in [-0.05, 0) is 48.6 Å². The number of benzene rings is 1. The molecule has 190 valence electrons. The number of amides is 1. The minimum atomic E-state index is -1.51. The smallest absolute Gasteiger partial charge is 0.372 e. The molecule has 1 fully saturated rings. The van der Waals surface area contributed by atoms with Gasteiger partial charge in [0.25, 0.3) is 0 Å². The second-order valence-corrected chi connectivity index (χ2v) is 8.39. The molecule has 0 bridgehead atoms. The second-order valence-electron chi connectivity index (χ2n) is 8.39. The normalized spacial score (nSPS) is 13.6. The average molecular weight is 494 g/mol. The van der Waals surface area contributed by atoms with Crippen LogP contribution < -0.4 is 20.7 Å². The molecule has 36 heavy (non-hydrogen) atoms. The van der Waals surface area contributed by atoms with Gasteiger partial charge in [0.15, 0.2) is 0 Å². The number of rotatable bonds is 9. The number of hydrogen-bond acceptors (Lipinski definition) is 8. The molecule has 1 aliphatic rings. The van der Waals surface area contributed by atoms with Gasteiger partial charge in [-0.15, -0.1) is 0 Å². The Bertz CT molecular complexity index is 1230. The second kappa shape index (κ2) is 12.0. The highest BCUT2D eigenvalue weighted by Crippen LogP contribution is 2.29. The van der Waals surface area contributed by atoms with Crippen LogP contribution in [0.1, 0.15) is 25.8 Å². The number of fused-ring (bicyclic) bond motifs is 1. The summed E-state index contributed by atoms with van der Waals surface area (Å²) < 4.78 is 5.84. The highest BCUT2D eigenvalue weighted by atomic mass is 16.5.